The summed E-state index contributed by atoms with van der Waals surface area (Å²) < 4.78 is 43.4. The Kier molecular flexibility index (Phi) is 5.73. The number of rotatable bonds is 6. The fourth-order valence-corrected chi connectivity index (χ4v) is 2.48. The predicted octanol–water partition coefficient (Wildman–Crippen LogP) is 4.13. The van der Waals surface area contributed by atoms with E-state index >= 15 is 0 Å². The molecule has 0 fully saturated rings. The van der Waals surface area contributed by atoms with E-state index in [1.54, 1.807) is 39.1 Å². The van der Waals surface area contributed by atoms with E-state index < -0.39 is 30.0 Å². The highest BCUT2D eigenvalue weighted by Gasteiger charge is 2.27. The van der Waals surface area contributed by atoms with Crippen molar-refractivity contribution in [3.63, 3.8) is 0 Å². The van der Waals surface area contributed by atoms with Gasteiger partial charge in [-0.25, -0.2) is 4.52 Å². The van der Waals surface area contributed by atoms with Crippen LogP contribution in [0.4, 0.5) is 13.2 Å². The summed E-state index contributed by atoms with van der Waals surface area (Å²) in [5.41, 5.74) is 0.745. The van der Waals surface area contributed by atoms with Crippen LogP contribution >= 0.6 is 0 Å². The lowest BCUT2D eigenvalue weighted by molar-refractivity contribution is -0.153. The van der Waals surface area contributed by atoms with Crippen LogP contribution in [-0.4, -0.2) is 33.1 Å². The highest BCUT2D eigenvalue weighted by atomic mass is 19.4. The third kappa shape index (κ3) is 5.86. The quantitative estimate of drug-likeness (QED) is 0.567. The van der Waals surface area contributed by atoms with E-state index in [2.05, 4.69) is 5.10 Å². The van der Waals surface area contributed by atoms with Crippen molar-refractivity contribution in [1.82, 2.24) is 9.61 Å². The maximum absolute atomic E-state index is 12.2. The Labute approximate surface area is 149 Å². The molecule has 0 spiro atoms. The minimum Gasteiger partial charge on any atom is -0.460 e. The number of ketones is 1. The van der Waals surface area contributed by atoms with E-state index in [0.717, 1.165) is 0 Å². The molecule has 2 heterocycles. The Morgan fingerprint density at radius 2 is 1.92 bits per heavy atom. The number of aromatic nitrogens is 2. The van der Waals surface area contributed by atoms with Gasteiger partial charge in [0.2, 0.25) is 0 Å². The zero-order valence-corrected chi connectivity index (χ0v) is 14.9. The van der Waals surface area contributed by atoms with E-state index in [9.17, 15) is 22.8 Å². The minimum absolute atomic E-state index is 0.0284. The number of hydrogen-bond donors (Lipinski definition) is 0. The smallest absolute Gasteiger partial charge is 0.389 e. The molecule has 0 radical (unpaired) electrons. The van der Waals surface area contributed by atoms with Crippen molar-refractivity contribution in [2.75, 3.05) is 0 Å². The molecular formula is C18H21F3N2O3. The van der Waals surface area contributed by atoms with Gasteiger partial charge < -0.3 is 4.74 Å². The highest BCUT2D eigenvalue weighted by Crippen LogP contribution is 2.24. The van der Waals surface area contributed by atoms with Crippen molar-refractivity contribution < 1.29 is 27.5 Å². The van der Waals surface area contributed by atoms with E-state index in [0.29, 0.717) is 11.1 Å². The van der Waals surface area contributed by atoms with Gasteiger partial charge in [-0.2, -0.15) is 18.3 Å². The first-order valence-electron chi connectivity index (χ1n) is 8.23. The van der Waals surface area contributed by atoms with E-state index in [1.807, 2.05) is 0 Å². The molecule has 2 rings (SSSR count). The van der Waals surface area contributed by atoms with Gasteiger partial charge in [0.25, 0.3) is 0 Å². The molecule has 2 aromatic rings. The summed E-state index contributed by atoms with van der Waals surface area (Å²) >= 11 is 0. The minimum atomic E-state index is -4.28. The summed E-state index contributed by atoms with van der Waals surface area (Å²) in [7, 11) is 0. The van der Waals surface area contributed by atoms with Crippen LogP contribution < -0.4 is 0 Å². The summed E-state index contributed by atoms with van der Waals surface area (Å²) in [4.78, 5) is 24.2. The number of hydrogen-bond acceptors (Lipinski definition) is 4. The van der Waals surface area contributed by atoms with Gasteiger partial charge in [-0.3, -0.25) is 9.59 Å². The Balaban J connectivity index is 2.12. The standard InChI is InChI=1S/C18H21F3N2O3/c1-17(2,3)26-16(25)10-12-6-8-23-14(9-12)13(11-22-23)15(24)5-4-7-18(19,20)21/h6,8-9,11H,4-5,7,10H2,1-3H3. The van der Waals surface area contributed by atoms with Crippen molar-refractivity contribution in [2.24, 2.45) is 0 Å². The number of halogens is 3. The van der Waals surface area contributed by atoms with Gasteiger partial charge in [0, 0.05) is 19.0 Å². The number of alkyl halides is 3. The summed E-state index contributed by atoms with van der Waals surface area (Å²) in [5.74, 6) is -0.807. The topological polar surface area (TPSA) is 60.7 Å². The zero-order valence-electron chi connectivity index (χ0n) is 14.9. The van der Waals surface area contributed by atoms with Crippen LogP contribution in [0.5, 0.6) is 0 Å². The van der Waals surface area contributed by atoms with Crippen LogP contribution in [0.15, 0.2) is 24.5 Å². The molecule has 0 aromatic carbocycles. The number of nitrogens with zero attached hydrogens (tertiary/aromatic N) is 2. The van der Waals surface area contributed by atoms with Crippen molar-refractivity contribution in [2.45, 2.75) is 58.2 Å². The molecule has 0 aliphatic rings. The van der Waals surface area contributed by atoms with Crippen LogP contribution in [0.2, 0.25) is 0 Å². The molecule has 0 atom stereocenters. The molecule has 0 amide bonds. The second kappa shape index (κ2) is 7.47. The van der Waals surface area contributed by atoms with Gasteiger partial charge in [0.15, 0.2) is 5.78 Å². The molecule has 0 saturated heterocycles. The second-order valence-electron chi connectivity index (χ2n) is 7.08. The fraction of sp³-hybridized carbons (Fsp3) is 0.500. The SMILES string of the molecule is CC(C)(C)OC(=O)Cc1ccn2ncc(C(=O)CCCC(F)(F)F)c2c1. The van der Waals surface area contributed by atoms with Gasteiger partial charge in [0.1, 0.15) is 5.60 Å². The molecule has 0 unspecified atom stereocenters. The van der Waals surface area contributed by atoms with E-state index in [-0.39, 0.29) is 24.8 Å². The molecule has 0 bridgehead atoms. The number of pyridine rings is 1. The number of carbonyl (C=O) groups excluding carboxylic acids is 2. The van der Waals surface area contributed by atoms with E-state index in [4.69, 9.17) is 4.74 Å². The molecule has 0 N–H and O–H groups in total. The number of Topliss-reactive ketones (excluding diaryl/α,β-unsaturated/α-hetero) is 1. The lowest BCUT2D eigenvalue weighted by Gasteiger charge is -2.19. The molecular weight excluding hydrogens is 349 g/mol. The van der Waals surface area contributed by atoms with Crippen molar-refractivity contribution >= 4 is 17.3 Å². The van der Waals surface area contributed by atoms with Gasteiger partial charge in [-0.1, -0.05) is 0 Å². The largest absolute Gasteiger partial charge is 0.460 e. The molecule has 0 saturated carbocycles. The first-order valence-corrected chi connectivity index (χ1v) is 8.23. The molecule has 8 heteroatoms. The number of esters is 1. The van der Waals surface area contributed by atoms with Crippen molar-refractivity contribution in [1.29, 1.82) is 0 Å². The lowest BCUT2D eigenvalue weighted by Crippen LogP contribution is -2.24. The first kappa shape index (κ1) is 19.9. The fourth-order valence-electron chi connectivity index (χ4n) is 2.48. The van der Waals surface area contributed by atoms with Crippen molar-refractivity contribution in [3.8, 4) is 0 Å². The monoisotopic (exact) mass is 370 g/mol. The Hall–Kier alpha value is -2.38. The number of fused-ring (bicyclic) bond motifs is 1. The summed E-state index contributed by atoms with van der Waals surface area (Å²) in [6.07, 6.45) is -2.79. The maximum atomic E-state index is 12.2. The van der Waals surface area contributed by atoms with Crippen LogP contribution in [0, 0.1) is 0 Å². The third-order valence-electron chi connectivity index (χ3n) is 3.52. The summed E-state index contributed by atoms with van der Waals surface area (Å²) in [6, 6.07) is 3.32. The molecule has 5 nitrogen and oxygen atoms in total. The van der Waals surface area contributed by atoms with Crippen LogP contribution in [0.25, 0.3) is 5.52 Å². The van der Waals surface area contributed by atoms with E-state index in [1.165, 1.54) is 10.7 Å². The molecule has 0 aliphatic heterocycles. The Morgan fingerprint density at radius 1 is 1.23 bits per heavy atom. The van der Waals surface area contributed by atoms with Gasteiger partial charge in [0.05, 0.1) is 23.7 Å². The van der Waals surface area contributed by atoms with Gasteiger partial charge >= 0.3 is 12.1 Å². The maximum Gasteiger partial charge on any atom is 0.389 e. The van der Waals surface area contributed by atoms with Gasteiger partial charge in [-0.15, -0.1) is 0 Å². The first-order chi connectivity index (χ1) is 11.9. The molecule has 2 aromatic heterocycles. The normalized spacial score (nSPS) is 12.4. The summed E-state index contributed by atoms with van der Waals surface area (Å²) in [5, 5.41) is 4.03. The molecule has 0 aliphatic carbocycles. The van der Waals surface area contributed by atoms with Crippen molar-refractivity contribution in [3.05, 3.63) is 35.7 Å². The van der Waals surface area contributed by atoms with Crippen LogP contribution in [0.3, 0.4) is 0 Å². The van der Waals surface area contributed by atoms with Crippen LogP contribution in [-0.2, 0) is 16.0 Å². The predicted molar refractivity (Wildman–Crippen MR) is 89.0 cm³/mol. The second-order valence-corrected chi connectivity index (χ2v) is 7.08. The Morgan fingerprint density at radius 3 is 2.54 bits per heavy atom. The molecule has 26 heavy (non-hydrogen) atoms. The number of ether oxygens (including phenoxy) is 1. The molecule has 142 valence electrons. The third-order valence-corrected chi connectivity index (χ3v) is 3.52. The average molecular weight is 370 g/mol. The summed E-state index contributed by atoms with van der Waals surface area (Å²) in [6.45, 7) is 5.30. The van der Waals surface area contributed by atoms with Crippen LogP contribution in [0.1, 0.15) is 56.0 Å². The highest BCUT2D eigenvalue weighted by molar-refractivity contribution is 6.02. The van der Waals surface area contributed by atoms with Gasteiger partial charge in [-0.05, 0) is 44.9 Å². The zero-order chi connectivity index (χ0) is 19.5. The lowest BCUT2D eigenvalue weighted by atomic mass is 10.1. The number of carbonyl (C=O) groups is 2. The average Bonchev–Trinajstić information content (AvgIpc) is 2.86. The Bertz CT molecular complexity index is 804.